The lowest BCUT2D eigenvalue weighted by atomic mass is 9.77. The summed E-state index contributed by atoms with van der Waals surface area (Å²) < 4.78 is 12.1. The molecule has 1 heterocycles. The van der Waals surface area contributed by atoms with Crippen molar-refractivity contribution < 1.29 is 19.1 Å². The van der Waals surface area contributed by atoms with Crippen LogP contribution in [0.5, 0.6) is 0 Å². The van der Waals surface area contributed by atoms with Gasteiger partial charge in [-0.05, 0) is 68.6 Å². The van der Waals surface area contributed by atoms with Crippen LogP contribution >= 0.6 is 0 Å². The van der Waals surface area contributed by atoms with Gasteiger partial charge in [0.05, 0.1) is 12.0 Å². The zero-order valence-electron chi connectivity index (χ0n) is 22.2. The van der Waals surface area contributed by atoms with Gasteiger partial charge in [-0.2, -0.15) is 0 Å². The molecule has 5 nitrogen and oxygen atoms in total. The number of nitrogens with one attached hydrogen (secondary N) is 1. The Morgan fingerprint density at radius 3 is 2.47 bits per heavy atom. The minimum atomic E-state index is -1.78. The zero-order valence-corrected chi connectivity index (χ0v) is 23.2. The van der Waals surface area contributed by atoms with Crippen LogP contribution in [0.25, 0.3) is 0 Å². The first-order valence-electron chi connectivity index (χ1n) is 13.2. The minimum absolute atomic E-state index is 0.113. The Hall–Kier alpha value is -1.21. The lowest BCUT2D eigenvalue weighted by Crippen LogP contribution is -2.58. The highest BCUT2D eigenvalue weighted by atomic mass is 28.4. The standard InChI is InChI=1S/C28H47NO4Si/c1-21(26(31)32-19-22-12-8-7-9-13-22)25(30)18-24-15-11-17-28(29-24)16-10-14-23(28)20-33-34(5,6)27(2,3)4/h7-9,12-13,21,23-25,29-30H,10-11,14-20H2,1-6H3/t21?,23-,24-,25-,28+/m1/s1. The second-order valence-electron chi connectivity index (χ2n) is 12.2. The van der Waals surface area contributed by atoms with Gasteiger partial charge in [-0.15, -0.1) is 0 Å². The Bertz CT molecular complexity index is 793. The van der Waals surface area contributed by atoms with Crippen molar-refractivity contribution in [2.45, 2.75) is 115 Å². The van der Waals surface area contributed by atoms with E-state index in [1.165, 1.54) is 25.7 Å². The Morgan fingerprint density at radius 2 is 1.82 bits per heavy atom. The molecule has 34 heavy (non-hydrogen) atoms. The number of aliphatic hydroxyl groups excluding tert-OH is 1. The lowest BCUT2D eigenvalue weighted by molar-refractivity contribution is -0.153. The third-order valence-electron chi connectivity index (χ3n) is 8.77. The van der Waals surface area contributed by atoms with Crippen molar-refractivity contribution in [2.75, 3.05) is 6.61 Å². The zero-order chi connectivity index (χ0) is 25.0. The van der Waals surface area contributed by atoms with Crippen molar-refractivity contribution in [1.29, 1.82) is 0 Å². The van der Waals surface area contributed by atoms with Crippen LogP contribution in [0.1, 0.15) is 78.2 Å². The van der Waals surface area contributed by atoms with Crippen LogP contribution in [-0.2, 0) is 20.6 Å². The molecule has 2 N–H and O–H groups in total. The van der Waals surface area contributed by atoms with Gasteiger partial charge in [0.25, 0.3) is 0 Å². The van der Waals surface area contributed by atoms with Crippen molar-refractivity contribution in [1.82, 2.24) is 5.32 Å². The van der Waals surface area contributed by atoms with Crippen molar-refractivity contribution in [3.63, 3.8) is 0 Å². The van der Waals surface area contributed by atoms with Crippen molar-refractivity contribution in [3.8, 4) is 0 Å². The molecule has 1 spiro atoms. The molecule has 1 saturated heterocycles. The predicted octanol–water partition coefficient (Wildman–Crippen LogP) is 5.82. The quantitative estimate of drug-likeness (QED) is 0.338. The van der Waals surface area contributed by atoms with Crippen LogP contribution in [0.4, 0.5) is 0 Å². The molecule has 2 fully saturated rings. The van der Waals surface area contributed by atoms with E-state index < -0.39 is 20.3 Å². The summed E-state index contributed by atoms with van der Waals surface area (Å²) in [7, 11) is -1.78. The molecule has 5 atom stereocenters. The number of carbonyl (C=O) groups excluding carboxylic acids is 1. The maximum absolute atomic E-state index is 12.5. The number of piperidine rings is 1. The van der Waals surface area contributed by atoms with E-state index in [2.05, 4.69) is 39.2 Å². The summed E-state index contributed by atoms with van der Waals surface area (Å²) in [4.78, 5) is 12.5. The Kier molecular flexibility index (Phi) is 9.05. The van der Waals surface area contributed by atoms with E-state index in [-0.39, 0.29) is 29.2 Å². The molecule has 1 aliphatic carbocycles. The maximum Gasteiger partial charge on any atom is 0.311 e. The fourth-order valence-electron chi connectivity index (χ4n) is 5.34. The monoisotopic (exact) mass is 489 g/mol. The Balaban J connectivity index is 1.53. The smallest absolute Gasteiger partial charge is 0.311 e. The Labute approximate surface area is 208 Å². The van der Waals surface area contributed by atoms with Gasteiger partial charge in [0.15, 0.2) is 8.32 Å². The van der Waals surface area contributed by atoms with Gasteiger partial charge in [0.1, 0.15) is 6.61 Å². The number of carbonyl (C=O) groups is 1. The van der Waals surface area contributed by atoms with Crippen LogP contribution in [0.2, 0.25) is 18.1 Å². The maximum atomic E-state index is 12.5. The van der Waals surface area contributed by atoms with Crippen LogP contribution in [0.15, 0.2) is 30.3 Å². The molecule has 0 aromatic heterocycles. The van der Waals surface area contributed by atoms with E-state index in [1.807, 2.05) is 30.3 Å². The molecule has 0 radical (unpaired) electrons. The fraction of sp³-hybridized carbons (Fsp3) is 0.750. The summed E-state index contributed by atoms with van der Waals surface area (Å²) >= 11 is 0. The van der Waals surface area contributed by atoms with Crippen LogP contribution < -0.4 is 5.32 Å². The molecule has 1 aromatic rings. The number of rotatable bonds is 9. The number of aliphatic hydroxyl groups is 1. The summed E-state index contributed by atoms with van der Waals surface area (Å²) in [6.07, 6.45) is 6.88. The molecule has 3 rings (SSSR count). The molecule has 2 aliphatic rings. The van der Waals surface area contributed by atoms with E-state index in [0.29, 0.717) is 12.3 Å². The summed E-state index contributed by atoms with van der Waals surface area (Å²) in [5.74, 6) is -0.345. The molecule has 1 unspecified atom stereocenters. The van der Waals surface area contributed by atoms with E-state index in [4.69, 9.17) is 9.16 Å². The second-order valence-corrected chi connectivity index (χ2v) is 17.0. The van der Waals surface area contributed by atoms with Crippen molar-refractivity contribution >= 4 is 14.3 Å². The molecule has 0 bridgehead atoms. The number of hydrogen-bond donors (Lipinski definition) is 2. The molecule has 192 valence electrons. The number of esters is 1. The third-order valence-corrected chi connectivity index (χ3v) is 13.3. The van der Waals surface area contributed by atoms with Gasteiger partial charge in [-0.3, -0.25) is 4.79 Å². The number of ether oxygens (including phenoxy) is 1. The van der Waals surface area contributed by atoms with Crippen molar-refractivity contribution in [3.05, 3.63) is 35.9 Å². The van der Waals surface area contributed by atoms with Crippen LogP contribution in [0, 0.1) is 11.8 Å². The minimum Gasteiger partial charge on any atom is -0.461 e. The van der Waals surface area contributed by atoms with Gasteiger partial charge >= 0.3 is 5.97 Å². The first-order valence-corrected chi connectivity index (χ1v) is 16.1. The van der Waals surface area contributed by atoms with Gasteiger partial charge in [-0.1, -0.05) is 63.9 Å². The van der Waals surface area contributed by atoms with Gasteiger partial charge in [-0.25, -0.2) is 0 Å². The molecular weight excluding hydrogens is 442 g/mol. The van der Waals surface area contributed by atoms with Crippen molar-refractivity contribution in [2.24, 2.45) is 11.8 Å². The summed E-state index contributed by atoms with van der Waals surface area (Å²) in [5, 5.41) is 15.1. The van der Waals surface area contributed by atoms with Crippen LogP contribution in [0.3, 0.4) is 0 Å². The second kappa shape index (κ2) is 11.2. The summed E-state index contributed by atoms with van der Waals surface area (Å²) in [5.41, 5.74) is 1.07. The van der Waals surface area contributed by atoms with E-state index >= 15 is 0 Å². The van der Waals surface area contributed by atoms with Gasteiger partial charge in [0.2, 0.25) is 0 Å². The third kappa shape index (κ3) is 6.71. The largest absolute Gasteiger partial charge is 0.461 e. The lowest BCUT2D eigenvalue weighted by Gasteiger charge is -2.46. The number of benzene rings is 1. The summed E-state index contributed by atoms with van der Waals surface area (Å²) in [6.45, 7) is 14.4. The average Bonchev–Trinajstić information content (AvgIpc) is 3.16. The molecule has 6 heteroatoms. The number of hydrogen-bond acceptors (Lipinski definition) is 5. The topological polar surface area (TPSA) is 67.8 Å². The molecular formula is C28H47NO4Si. The first-order chi connectivity index (χ1) is 15.9. The SMILES string of the molecule is CC(C(=O)OCc1ccccc1)[C@H](O)C[C@H]1CCC[C@]2(CCC[C@@H]2CO[Si](C)(C)C(C)(C)C)N1. The van der Waals surface area contributed by atoms with Gasteiger partial charge < -0.3 is 19.6 Å². The highest BCUT2D eigenvalue weighted by Crippen LogP contribution is 2.44. The molecule has 1 aromatic carbocycles. The highest BCUT2D eigenvalue weighted by Gasteiger charge is 2.47. The van der Waals surface area contributed by atoms with E-state index in [0.717, 1.165) is 25.0 Å². The molecule has 1 aliphatic heterocycles. The van der Waals surface area contributed by atoms with E-state index in [1.54, 1.807) is 6.92 Å². The normalized spacial score (nSPS) is 27.5. The average molecular weight is 490 g/mol. The highest BCUT2D eigenvalue weighted by molar-refractivity contribution is 6.74. The Morgan fingerprint density at radius 1 is 1.18 bits per heavy atom. The van der Waals surface area contributed by atoms with E-state index in [9.17, 15) is 9.90 Å². The van der Waals surface area contributed by atoms with Crippen LogP contribution in [-0.4, -0.2) is 43.7 Å². The summed E-state index contributed by atoms with van der Waals surface area (Å²) in [6, 6.07) is 9.90. The van der Waals surface area contributed by atoms with Gasteiger partial charge in [0, 0.05) is 18.2 Å². The molecule has 1 saturated carbocycles. The fourth-order valence-corrected chi connectivity index (χ4v) is 6.39. The first kappa shape index (κ1) is 27.4. The predicted molar refractivity (Wildman–Crippen MR) is 140 cm³/mol. The molecule has 0 amide bonds.